The highest BCUT2D eigenvalue weighted by Crippen LogP contribution is 2.32. The molecule has 1 saturated carbocycles. The number of hydrogen-bond acceptors (Lipinski definition) is 5. The van der Waals surface area contributed by atoms with Crippen molar-refractivity contribution in [1.82, 2.24) is 9.88 Å². The Balaban J connectivity index is 1.68. The topological polar surface area (TPSA) is 89.0 Å². The normalized spacial score (nSPS) is 23.8. The van der Waals surface area contributed by atoms with Crippen LogP contribution in [0.25, 0.3) is 0 Å². The van der Waals surface area contributed by atoms with Gasteiger partial charge in [-0.05, 0) is 38.2 Å². The molecule has 1 aliphatic heterocycles. The third kappa shape index (κ3) is 3.98. The highest BCUT2D eigenvalue weighted by molar-refractivity contribution is 5.95. The van der Waals surface area contributed by atoms with Gasteiger partial charge < -0.3 is 19.5 Å². The number of aliphatic carboxylic acids is 1. The van der Waals surface area contributed by atoms with Crippen LogP contribution in [0, 0.1) is 5.41 Å². The van der Waals surface area contributed by atoms with Crippen LogP contribution in [-0.4, -0.2) is 59.8 Å². The maximum absolute atomic E-state index is 12.8. The molecule has 0 aromatic carbocycles. The molecule has 1 amide bonds. The molecule has 1 aromatic rings. The number of pyridine rings is 1. The van der Waals surface area contributed by atoms with Crippen molar-refractivity contribution in [2.24, 2.45) is 5.41 Å². The molecular formula is C19H26N2O5. The number of nitrogens with zero attached hydrogens (tertiary/aromatic N) is 2. The number of carboxylic acid groups (broad SMARTS) is 1. The van der Waals surface area contributed by atoms with Crippen LogP contribution in [0.3, 0.4) is 0 Å². The van der Waals surface area contributed by atoms with Crippen molar-refractivity contribution in [3.8, 4) is 5.88 Å². The Morgan fingerprint density at radius 2 is 2.12 bits per heavy atom. The second-order valence-electron chi connectivity index (χ2n) is 7.26. The largest absolute Gasteiger partial charge is 0.481 e. The average Bonchev–Trinajstić information content (AvgIpc) is 3.08. The summed E-state index contributed by atoms with van der Waals surface area (Å²) in [5.41, 5.74) is -0.553. The molecular weight excluding hydrogens is 336 g/mol. The zero-order chi connectivity index (χ0) is 18.6. The second kappa shape index (κ2) is 8.03. The van der Waals surface area contributed by atoms with Crippen molar-refractivity contribution in [2.45, 2.75) is 44.6 Å². The Labute approximate surface area is 153 Å². The minimum absolute atomic E-state index is 0.0957. The van der Waals surface area contributed by atoms with Crippen molar-refractivity contribution < 1.29 is 24.2 Å². The van der Waals surface area contributed by atoms with Gasteiger partial charge in [-0.1, -0.05) is 6.42 Å². The molecule has 2 aliphatic rings. The molecule has 1 unspecified atom stereocenters. The van der Waals surface area contributed by atoms with Crippen molar-refractivity contribution in [3.63, 3.8) is 0 Å². The average molecular weight is 362 g/mol. The summed E-state index contributed by atoms with van der Waals surface area (Å²) in [7, 11) is 1.48. The van der Waals surface area contributed by atoms with Gasteiger partial charge in [-0.2, -0.15) is 0 Å². The smallest absolute Gasteiger partial charge is 0.313 e. The monoisotopic (exact) mass is 362 g/mol. The number of rotatable bonds is 6. The van der Waals surface area contributed by atoms with Gasteiger partial charge in [0.1, 0.15) is 11.5 Å². The van der Waals surface area contributed by atoms with E-state index in [2.05, 4.69) is 4.98 Å². The van der Waals surface area contributed by atoms with Crippen LogP contribution in [0.2, 0.25) is 0 Å². The minimum Gasteiger partial charge on any atom is -0.481 e. The summed E-state index contributed by atoms with van der Waals surface area (Å²) in [5, 5.41) is 9.54. The van der Waals surface area contributed by atoms with Gasteiger partial charge in [0.05, 0.1) is 6.61 Å². The van der Waals surface area contributed by atoms with Gasteiger partial charge in [-0.3, -0.25) is 9.59 Å². The fourth-order valence-electron chi connectivity index (χ4n) is 3.82. The predicted molar refractivity (Wildman–Crippen MR) is 94.2 cm³/mol. The maximum atomic E-state index is 12.8. The number of carbonyl (C=O) groups excluding carboxylic acids is 1. The van der Waals surface area contributed by atoms with Crippen LogP contribution in [-0.2, 0) is 9.53 Å². The van der Waals surface area contributed by atoms with Crippen LogP contribution >= 0.6 is 0 Å². The number of ether oxygens (including phenoxy) is 2. The number of carboxylic acids is 1. The first-order chi connectivity index (χ1) is 12.5. The summed E-state index contributed by atoms with van der Waals surface area (Å²) in [4.78, 5) is 30.3. The lowest BCUT2D eigenvalue weighted by molar-refractivity contribution is -0.151. The lowest BCUT2D eigenvalue weighted by Gasteiger charge is -2.24. The van der Waals surface area contributed by atoms with Gasteiger partial charge in [-0.25, -0.2) is 4.98 Å². The van der Waals surface area contributed by atoms with E-state index in [1.54, 1.807) is 23.2 Å². The molecule has 0 radical (unpaired) electrons. The molecule has 3 rings (SSSR count). The van der Waals surface area contributed by atoms with E-state index in [0.29, 0.717) is 24.4 Å². The molecule has 0 bridgehead atoms. The van der Waals surface area contributed by atoms with Crippen LogP contribution in [0.5, 0.6) is 5.88 Å². The number of methoxy groups -OCH3 is 1. The van der Waals surface area contributed by atoms with Crippen molar-refractivity contribution in [1.29, 1.82) is 0 Å². The number of aromatic nitrogens is 1. The fraction of sp³-hybridized carbons (Fsp3) is 0.632. The third-order valence-electron chi connectivity index (χ3n) is 5.34. The van der Waals surface area contributed by atoms with E-state index in [9.17, 15) is 14.7 Å². The zero-order valence-corrected chi connectivity index (χ0v) is 15.1. The molecule has 26 heavy (non-hydrogen) atoms. The van der Waals surface area contributed by atoms with E-state index in [1.807, 2.05) is 0 Å². The summed E-state index contributed by atoms with van der Waals surface area (Å²) < 4.78 is 11.0. The van der Waals surface area contributed by atoms with E-state index in [-0.39, 0.29) is 25.2 Å². The summed E-state index contributed by atoms with van der Waals surface area (Å²) in [6, 6.07) is 3.31. The van der Waals surface area contributed by atoms with Crippen molar-refractivity contribution >= 4 is 11.9 Å². The molecule has 1 saturated heterocycles. The van der Waals surface area contributed by atoms with Gasteiger partial charge in [0.2, 0.25) is 5.88 Å². The van der Waals surface area contributed by atoms with Crippen LogP contribution in [0.1, 0.15) is 48.9 Å². The van der Waals surface area contributed by atoms with Gasteiger partial charge in [0.25, 0.3) is 5.91 Å². The first-order valence-corrected chi connectivity index (χ1v) is 9.18. The summed E-state index contributed by atoms with van der Waals surface area (Å²) in [6.07, 6.45) is 7.72. The Hall–Kier alpha value is -2.15. The van der Waals surface area contributed by atoms with Crippen molar-refractivity contribution in [2.75, 3.05) is 26.8 Å². The summed E-state index contributed by atoms with van der Waals surface area (Å²) in [6.45, 7) is 0.643. The van der Waals surface area contributed by atoms with Gasteiger partial charge in [0, 0.05) is 38.0 Å². The first kappa shape index (κ1) is 18.6. The van der Waals surface area contributed by atoms with Crippen LogP contribution in [0.4, 0.5) is 0 Å². The zero-order valence-electron chi connectivity index (χ0n) is 15.1. The molecule has 7 nitrogen and oxygen atoms in total. The predicted octanol–water partition coefficient (Wildman–Crippen LogP) is 2.36. The SMILES string of the molecule is COCC1(C(=O)O)CCN(C(=O)c2ccnc(OC3CCCCC3)c2)C1. The molecule has 2 heterocycles. The van der Waals surface area contributed by atoms with Gasteiger partial charge in [0.15, 0.2) is 0 Å². The van der Waals surface area contributed by atoms with E-state index in [1.165, 1.54) is 13.5 Å². The number of likely N-dealkylation sites (tertiary alicyclic amines) is 1. The summed E-state index contributed by atoms with van der Waals surface area (Å²) in [5.74, 6) is -0.658. The molecule has 2 fully saturated rings. The van der Waals surface area contributed by atoms with Crippen molar-refractivity contribution in [3.05, 3.63) is 23.9 Å². The molecule has 1 N–H and O–H groups in total. The Morgan fingerprint density at radius 1 is 1.35 bits per heavy atom. The number of hydrogen-bond donors (Lipinski definition) is 1. The second-order valence-corrected chi connectivity index (χ2v) is 7.26. The van der Waals surface area contributed by atoms with E-state index >= 15 is 0 Å². The van der Waals surface area contributed by atoms with E-state index < -0.39 is 11.4 Å². The molecule has 142 valence electrons. The Bertz CT molecular complexity index is 659. The van der Waals surface area contributed by atoms with Gasteiger partial charge in [-0.15, -0.1) is 0 Å². The highest BCUT2D eigenvalue weighted by Gasteiger charge is 2.46. The quantitative estimate of drug-likeness (QED) is 0.836. The first-order valence-electron chi connectivity index (χ1n) is 9.18. The van der Waals surface area contributed by atoms with E-state index in [0.717, 1.165) is 25.7 Å². The molecule has 1 atom stereocenters. The Kier molecular flexibility index (Phi) is 5.76. The van der Waals surface area contributed by atoms with Crippen LogP contribution < -0.4 is 4.74 Å². The Morgan fingerprint density at radius 3 is 2.81 bits per heavy atom. The standard InChI is InChI=1S/C19H26N2O5/c1-25-13-19(18(23)24)8-10-21(12-19)17(22)14-7-9-20-16(11-14)26-15-5-3-2-4-6-15/h7,9,11,15H,2-6,8,10,12-13H2,1H3,(H,23,24). The lowest BCUT2D eigenvalue weighted by Crippen LogP contribution is -2.40. The highest BCUT2D eigenvalue weighted by atomic mass is 16.5. The minimum atomic E-state index is -1.03. The number of carbonyl (C=O) groups is 2. The third-order valence-corrected chi connectivity index (χ3v) is 5.34. The summed E-state index contributed by atoms with van der Waals surface area (Å²) >= 11 is 0. The van der Waals surface area contributed by atoms with Gasteiger partial charge >= 0.3 is 5.97 Å². The maximum Gasteiger partial charge on any atom is 0.313 e. The lowest BCUT2D eigenvalue weighted by atomic mass is 9.88. The van der Waals surface area contributed by atoms with Crippen LogP contribution in [0.15, 0.2) is 18.3 Å². The fourth-order valence-corrected chi connectivity index (χ4v) is 3.82. The molecule has 1 aromatic heterocycles. The number of amides is 1. The molecule has 0 spiro atoms. The molecule has 7 heteroatoms. The molecule has 1 aliphatic carbocycles. The van der Waals surface area contributed by atoms with E-state index in [4.69, 9.17) is 9.47 Å².